The second kappa shape index (κ2) is 4.73. The van der Waals surface area contributed by atoms with Crippen LogP contribution in [0.2, 0.25) is 0 Å². The predicted molar refractivity (Wildman–Crippen MR) is 48.4 cm³/mol. The molecule has 1 rings (SSSR count). The highest BCUT2D eigenvalue weighted by atomic mass is 13.9. The molecule has 0 bridgehead atoms. The Balaban J connectivity index is 2.39. The van der Waals surface area contributed by atoms with E-state index in [-0.39, 0.29) is 0 Å². The Morgan fingerprint density at radius 3 is 3.00 bits per heavy atom. The number of allylic oxidation sites excluding steroid dienone is 2. The molecule has 0 heteroatoms. The van der Waals surface area contributed by atoms with Gasteiger partial charge in [0.1, 0.15) is 0 Å². The average Bonchev–Trinajstić information content (AvgIpc) is 2.07. The number of benzene rings is 1. The zero-order valence-electron chi connectivity index (χ0n) is 6.88. The lowest BCUT2D eigenvalue weighted by Gasteiger charge is -1.94. The highest BCUT2D eigenvalue weighted by Crippen LogP contribution is 2.01. The second-order valence-electron chi connectivity index (χ2n) is 2.50. The normalized spacial score (nSPS) is 10.6. The molecule has 0 unspecified atom stereocenters. The number of rotatable bonds is 3. The third kappa shape index (κ3) is 3.03. The van der Waals surface area contributed by atoms with Crippen molar-refractivity contribution in [2.24, 2.45) is 0 Å². The van der Waals surface area contributed by atoms with Crippen LogP contribution in [0.3, 0.4) is 0 Å². The number of hydrogen-bond acceptors (Lipinski definition) is 0. The molecular formula is C11H13. The standard InChI is InChI=1S/C11H13/c1-2-3-5-8-11-9-6-4-7-10-11/h2-4,6-7,9H,5,8H2,1H3. The van der Waals surface area contributed by atoms with Crippen LogP contribution in [0.25, 0.3) is 0 Å². The van der Waals surface area contributed by atoms with Gasteiger partial charge >= 0.3 is 0 Å². The van der Waals surface area contributed by atoms with Gasteiger partial charge in [0.2, 0.25) is 0 Å². The lowest BCUT2D eigenvalue weighted by Crippen LogP contribution is -1.81. The monoisotopic (exact) mass is 145 g/mol. The van der Waals surface area contributed by atoms with E-state index in [9.17, 15) is 0 Å². The van der Waals surface area contributed by atoms with Gasteiger partial charge in [0, 0.05) is 0 Å². The van der Waals surface area contributed by atoms with Crippen LogP contribution in [0, 0.1) is 6.07 Å². The first-order valence-electron chi connectivity index (χ1n) is 4.00. The summed E-state index contributed by atoms with van der Waals surface area (Å²) in [7, 11) is 0. The van der Waals surface area contributed by atoms with E-state index in [1.54, 1.807) is 0 Å². The fraction of sp³-hybridized carbons (Fsp3) is 0.273. The van der Waals surface area contributed by atoms with Crippen molar-refractivity contribution in [3.63, 3.8) is 0 Å². The quantitative estimate of drug-likeness (QED) is 0.573. The zero-order chi connectivity index (χ0) is 7.94. The Bertz CT molecular complexity index is 209. The molecule has 0 amide bonds. The third-order valence-corrected chi connectivity index (χ3v) is 1.59. The molecule has 0 atom stereocenters. The van der Waals surface area contributed by atoms with Crippen molar-refractivity contribution >= 4 is 0 Å². The first-order valence-corrected chi connectivity index (χ1v) is 4.00. The Hall–Kier alpha value is -1.04. The minimum absolute atomic E-state index is 1.10. The van der Waals surface area contributed by atoms with Crippen molar-refractivity contribution < 1.29 is 0 Å². The van der Waals surface area contributed by atoms with Crippen LogP contribution < -0.4 is 0 Å². The fourth-order valence-electron chi connectivity index (χ4n) is 0.992. The maximum absolute atomic E-state index is 3.19. The summed E-state index contributed by atoms with van der Waals surface area (Å²) < 4.78 is 0. The minimum Gasteiger partial charge on any atom is -0.0917 e. The first kappa shape index (κ1) is 8.06. The summed E-state index contributed by atoms with van der Waals surface area (Å²) in [5.41, 5.74) is 1.30. The highest BCUT2D eigenvalue weighted by molar-refractivity contribution is 5.13. The molecule has 0 aliphatic carbocycles. The molecule has 1 aromatic carbocycles. The zero-order valence-corrected chi connectivity index (χ0v) is 6.88. The van der Waals surface area contributed by atoms with Crippen LogP contribution in [0.15, 0.2) is 36.4 Å². The maximum Gasteiger partial charge on any atom is -0.0149 e. The molecule has 0 aliphatic rings. The van der Waals surface area contributed by atoms with Gasteiger partial charge in [-0.1, -0.05) is 36.4 Å². The summed E-state index contributed by atoms with van der Waals surface area (Å²) in [6, 6.07) is 11.3. The first-order chi connectivity index (χ1) is 5.43. The van der Waals surface area contributed by atoms with Crippen LogP contribution in [-0.2, 0) is 6.42 Å². The second-order valence-corrected chi connectivity index (χ2v) is 2.50. The van der Waals surface area contributed by atoms with Gasteiger partial charge < -0.3 is 0 Å². The van der Waals surface area contributed by atoms with Gasteiger partial charge in [0.15, 0.2) is 0 Å². The van der Waals surface area contributed by atoms with Crippen molar-refractivity contribution in [2.75, 3.05) is 0 Å². The van der Waals surface area contributed by atoms with E-state index in [0.717, 1.165) is 12.8 Å². The third-order valence-electron chi connectivity index (χ3n) is 1.59. The fourth-order valence-corrected chi connectivity index (χ4v) is 0.992. The summed E-state index contributed by atoms with van der Waals surface area (Å²) in [5, 5.41) is 0. The molecule has 1 aromatic rings. The molecule has 0 N–H and O–H groups in total. The molecule has 0 saturated carbocycles. The van der Waals surface area contributed by atoms with Gasteiger partial charge in [-0.05, 0) is 31.4 Å². The molecule has 0 heterocycles. The lowest BCUT2D eigenvalue weighted by atomic mass is 10.1. The largest absolute Gasteiger partial charge is 0.0917 e. The lowest BCUT2D eigenvalue weighted by molar-refractivity contribution is 0.997. The van der Waals surface area contributed by atoms with Crippen LogP contribution >= 0.6 is 0 Å². The van der Waals surface area contributed by atoms with E-state index in [2.05, 4.69) is 37.3 Å². The van der Waals surface area contributed by atoms with Gasteiger partial charge in [0.25, 0.3) is 0 Å². The Labute approximate surface area is 68.6 Å². The van der Waals surface area contributed by atoms with E-state index in [4.69, 9.17) is 0 Å². The van der Waals surface area contributed by atoms with Crippen molar-refractivity contribution in [2.45, 2.75) is 19.8 Å². The van der Waals surface area contributed by atoms with Crippen LogP contribution in [-0.4, -0.2) is 0 Å². The molecule has 0 nitrogen and oxygen atoms in total. The number of hydrogen-bond donors (Lipinski definition) is 0. The van der Waals surface area contributed by atoms with Crippen molar-refractivity contribution in [3.05, 3.63) is 48.0 Å². The van der Waals surface area contributed by atoms with Crippen molar-refractivity contribution in [1.82, 2.24) is 0 Å². The number of aryl methyl sites for hydroxylation is 1. The predicted octanol–water partition coefficient (Wildman–Crippen LogP) is 3.00. The van der Waals surface area contributed by atoms with E-state index >= 15 is 0 Å². The smallest absolute Gasteiger partial charge is 0.0149 e. The SMILES string of the molecule is CC=CCCc1[c]cccc1. The molecule has 0 fully saturated rings. The Kier molecular flexibility index (Phi) is 3.46. The van der Waals surface area contributed by atoms with Crippen LogP contribution in [0.1, 0.15) is 18.9 Å². The maximum atomic E-state index is 3.19. The average molecular weight is 145 g/mol. The molecule has 0 aromatic heterocycles. The van der Waals surface area contributed by atoms with Gasteiger partial charge in [-0.15, -0.1) is 0 Å². The highest BCUT2D eigenvalue weighted by Gasteiger charge is 1.87. The van der Waals surface area contributed by atoms with Crippen LogP contribution in [0.5, 0.6) is 0 Å². The van der Waals surface area contributed by atoms with E-state index < -0.39 is 0 Å². The minimum atomic E-state index is 1.10. The molecule has 11 heavy (non-hydrogen) atoms. The van der Waals surface area contributed by atoms with Gasteiger partial charge in [0.05, 0.1) is 0 Å². The molecular weight excluding hydrogens is 132 g/mol. The van der Waals surface area contributed by atoms with Crippen LogP contribution in [0.4, 0.5) is 0 Å². The molecule has 1 radical (unpaired) electrons. The van der Waals surface area contributed by atoms with E-state index in [1.165, 1.54) is 5.56 Å². The van der Waals surface area contributed by atoms with Crippen molar-refractivity contribution in [1.29, 1.82) is 0 Å². The van der Waals surface area contributed by atoms with Gasteiger partial charge in [-0.3, -0.25) is 0 Å². The summed E-state index contributed by atoms with van der Waals surface area (Å²) in [6.45, 7) is 2.05. The molecule has 57 valence electrons. The summed E-state index contributed by atoms with van der Waals surface area (Å²) >= 11 is 0. The van der Waals surface area contributed by atoms with Gasteiger partial charge in [-0.2, -0.15) is 0 Å². The summed E-state index contributed by atoms with van der Waals surface area (Å²) in [5.74, 6) is 0. The summed E-state index contributed by atoms with van der Waals surface area (Å²) in [4.78, 5) is 0. The van der Waals surface area contributed by atoms with E-state index in [1.807, 2.05) is 12.1 Å². The molecule has 0 aliphatic heterocycles. The Morgan fingerprint density at radius 2 is 2.36 bits per heavy atom. The van der Waals surface area contributed by atoms with Gasteiger partial charge in [-0.25, -0.2) is 0 Å². The van der Waals surface area contributed by atoms with E-state index in [0.29, 0.717) is 0 Å². The molecule has 0 spiro atoms. The summed E-state index contributed by atoms with van der Waals surface area (Å²) in [6.07, 6.45) is 6.49. The molecule has 0 saturated heterocycles. The van der Waals surface area contributed by atoms with Crippen molar-refractivity contribution in [3.8, 4) is 0 Å². The topological polar surface area (TPSA) is 0 Å². The Morgan fingerprint density at radius 1 is 1.45 bits per heavy atom.